The average Bonchev–Trinajstić information content (AvgIpc) is 2.40. The van der Waals surface area contributed by atoms with Gasteiger partial charge in [-0.25, -0.2) is 13.6 Å². The monoisotopic (exact) mass is 282 g/mol. The summed E-state index contributed by atoms with van der Waals surface area (Å²) in [6, 6.07) is 6.89. The molecule has 0 saturated heterocycles. The van der Waals surface area contributed by atoms with E-state index in [2.05, 4.69) is 0 Å². The molecule has 0 bridgehead atoms. The fraction of sp³-hybridized carbons (Fsp3) is 0.400. The van der Waals surface area contributed by atoms with Crippen molar-refractivity contribution >= 4 is 12.0 Å². The number of halogens is 2. The Labute approximate surface area is 115 Å². The highest BCUT2D eigenvalue weighted by Crippen LogP contribution is 2.34. The maximum absolute atomic E-state index is 13.0. The summed E-state index contributed by atoms with van der Waals surface area (Å²) in [7, 11) is 0. The number of carboxylic acid groups (broad SMARTS) is 1. The Morgan fingerprint density at radius 2 is 1.85 bits per heavy atom. The molecule has 3 nitrogen and oxygen atoms in total. The Balaban J connectivity index is 1.90. The van der Waals surface area contributed by atoms with Gasteiger partial charge in [0.15, 0.2) is 0 Å². The van der Waals surface area contributed by atoms with Crippen LogP contribution in [-0.4, -0.2) is 23.1 Å². The first-order valence-electron chi connectivity index (χ1n) is 6.50. The van der Waals surface area contributed by atoms with Gasteiger partial charge in [0.05, 0.1) is 6.10 Å². The summed E-state index contributed by atoms with van der Waals surface area (Å²) in [6.45, 7) is 0. The highest BCUT2D eigenvalue weighted by Gasteiger charge is 2.35. The van der Waals surface area contributed by atoms with E-state index >= 15 is 0 Å². The lowest BCUT2D eigenvalue weighted by Gasteiger charge is -2.28. The summed E-state index contributed by atoms with van der Waals surface area (Å²) in [5.74, 6) is -2.94. The number of hydrogen-bond acceptors (Lipinski definition) is 2. The molecule has 1 saturated carbocycles. The number of carbonyl (C=O) groups is 1. The van der Waals surface area contributed by atoms with E-state index in [0.717, 1.165) is 11.6 Å². The topological polar surface area (TPSA) is 46.5 Å². The third-order valence-electron chi connectivity index (χ3n) is 3.27. The average molecular weight is 282 g/mol. The normalized spacial score (nSPS) is 19.1. The number of ether oxygens (including phenoxy) is 1. The molecule has 1 aromatic carbocycles. The second-order valence-corrected chi connectivity index (χ2v) is 4.91. The molecule has 0 aliphatic heterocycles. The molecule has 0 radical (unpaired) electrons. The van der Waals surface area contributed by atoms with Gasteiger partial charge in [-0.15, -0.1) is 0 Å². The van der Waals surface area contributed by atoms with Gasteiger partial charge in [0.2, 0.25) is 5.92 Å². The Morgan fingerprint density at radius 1 is 1.25 bits per heavy atom. The predicted molar refractivity (Wildman–Crippen MR) is 70.9 cm³/mol. The van der Waals surface area contributed by atoms with Gasteiger partial charge in [-0.1, -0.05) is 12.1 Å². The van der Waals surface area contributed by atoms with Gasteiger partial charge >= 0.3 is 5.97 Å². The van der Waals surface area contributed by atoms with Crippen molar-refractivity contribution in [3.8, 4) is 5.75 Å². The number of carboxylic acids is 1. The highest BCUT2D eigenvalue weighted by molar-refractivity contribution is 5.85. The van der Waals surface area contributed by atoms with Crippen molar-refractivity contribution in [1.82, 2.24) is 0 Å². The fourth-order valence-corrected chi connectivity index (χ4v) is 2.15. The van der Waals surface area contributed by atoms with Crippen LogP contribution >= 0.6 is 0 Å². The molecule has 0 atom stereocenters. The molecule has 0 heterocycles. The van der Waals surface area contributed by atoms with E-state index in [0.29, 0.717) is 18.6 Å². The van der Waals surface area contributed by atoms with Crippen molar-refractivity contribution < 1.29 is 23.4 Å². The molecule has 108 valence electrons. The zero-order valence-electron chi connectivity index (χ0n) is 10.9. The molecular weight excluding hydrogens is 266 g/mol. The van der Waals surface area contributed by atoms with Crippen LogP contribution in [0.3, 0.4) is 0 Å². The second-order valence-electron chi connectivity index (χ2n) is 4.91. The minimum atomic E-state index is -2.55. The Morgan fingerprint density at radius 3 is 2.40 bits per heavy atom. The SMILES string of the molecule is O=C(O)/C=C/c1ccc(OC2CCC(F)(F)CC2)cc1. The molecule has 1 aromatic rings. The van der Waals surface area contributed by atoms with Crippen molar-refractivity contribution in [2.24, 2.45) is 0 Å². The summed E-state index contributed by atoms with van der Waals surface area (Å²) in [5, 5.41) is 8.52. The van der Waals surface area contributed by atoms with Crippen LogP contribution in [0.4, 0.5) is 8.78 Å². The largest absolute Gasteiger partial charge is 0.490 e. The Bertz CT molecular complexity index is 484. The van der Waals surface area contributed by atoms with E-state index in [-0.39, 0.29) is 18.9 Å². The van der Waals surface area contributed by atoms with Gasteiger partial charge in [0.25, 0.3) is 0 Å². The third-order valence-corrected chi connectivity index (χ3v) is 3.27. The molecular formula is C15H16F2O3. The Kier molecular flexibility index (Phi) is 4.37. The van der Waals surface area contributed by atoms with Crippen molar-refractivity contribution in [2.75, 3.05) is 0 Å². The smallest absolute Gasteiger partial charge is 0.328 e. The number of rotatable bonds is 4. The summed E-state index contributed by atoms with van der Waals surface area (Å²) < 4.78 is 31.7. The molecule has 0 aromatic heterocycles. The zero-order valence-corrected chi connectivity index (χ0v) is 10.9. The van der Waals surface area contributed by atoms with Gasteiger partial charge in [0.1, 0.15) is 5.75 Å². The van der Waals surface area contributed by atoms with E-state index in [1.165, 1.54) is 6.08 Å². The van der Waals surface area contributed by atoms with E-state index in [4.69, 9.17) is 9.84 Å². The first kappa shape index (κ1) is 14.5. The van der Waals surface area contributed by atoms with Crippen LogP contribution in [-0.2, 0) is 4.79 Å². The van der Waals surface area contributed by atoms with Crippen molar-refractivity contribution in [3.05, 3.63) is 35.9 Å². The van der Waals surface area contributed by atoms with E-state index < -0.39 is 11.9 Å². The van der Waals surface area contributed by atoms with Gasteiger partial charge in [-0.3, -0.25) is 0 Å². The van der Waals surface area contributed by atoms with Crippen LogP contribution < -0.4 is 4.74 Å². The molecule has 5 heteroatoms. The third kappa shape index (κ3) is 4.33. The Hall–Kier alpha value is -1.91. The second kappa shape index (κ2) is 6.03. The van der Waals surface area contributed by atoms with Gasteiger partial charge in [0, 0.05) is 18.9 Å². The van der Waals surface area contributed by atoms with Crippen LogP contribution in [0.2, 0.25) is 0 Å². The van der Waals surface area contributed by atoms with Crippen LogP contribution in [0, 0.1) is 0 Å². The maximum atomic E-state index is 13.0. The lowest BCUT2D eigenvalue weighted by Crippen LogP contribution is -2.30. The first-order valence-corrected chi connectivity index (χ1v) is 6.50. The van der Waals surface area contributed by atoms with Crippen LogP contribution in [0.5, 0.6) is 5.75 Å². The molecule has 0 amide bonds. The quantitative estimate of drug-likeness (QED) is 0.856. The number of hydrogen-bond donors (Lipinski definition) is 1. The fourth-order valence-electron chi connectivity index (χ4n) is 2.15. The minimum absolute atomic E-state index is 0.128. The van der Waals surface area contributed by atoms with Crippen molar-refractivity contribution in [1.29, 1.82) is 0 Å². The molecule has 0 spiro atoms. The van der Waals surface area contributed by atoms with Gasteiger partial charge < -0.3 is 9.84 Å². The van der Waals surface area contributed by atoms with Crippen molar-refractivity contribution in [3.63, 3.8) is 0 Å². The standard InChI is InChI=1S/C15H16F2O3/c16-15(17)9-7-13(8-10-15)20-12-4-1-11(2-5-12)3-6-14(18)19/h1-6,13H,7-10H2,(H,18,19)/b6-3+. The predicted octanol–water partition coefficient (Wildman–Crippen LogP) is 3.74. The van der Waals surface area contributed by atoms with E-state index in [1.54, 1.807) is 24.3 Å². The molecule has 1 aliphatic rings. The lowest BCUT2D eigenvalue weighted by atomic mass is 9.94. The number of benzene rings is 1. The number of alkyl halides is 2. The molecule has 1 fully saturated rings. The maximum Gasteiger partial charge on any atom is 0.328 e. The van der Waals surface area contributed by atoms with Crippen LogP contribution in [0.1, 0.15) is 31.2 Å². The van der Waals surface area contributed by atoms with Crippen molar-refractivity contribution in [2.45, 2.75) is 37.7 Å². The molecule has 20 heavy (non-hydrogen) atoms. The summed E-state index contributed by atoms with van der Waals surface area (Å²) in [4.78, 5) is 10.4. The minimum Gasteiger partial charge on any atom is -0.490 e. The number of aliphatic carboxylic acids is 1. The van der Waals surface area contributed by atoms with E-state index in [9.17, 15) is 13.6 Å². The highest BCUT2D eigenvalue weighted by atomic mass is 19.3. The summed E-state index contributed by atoms with van der Waals surface area (Å²) >= 11 is 0. The zero-order chi connectivity index (χ0) is 14.6. The first-order chi connectivity index (χ1) is 9.44. The molecule has 1 aliphatic carbocycles. The van der Waals surface area contributed by atoms with Crippen LogP contribution in [0.15, 0.2) is 30.3 Å². The molecule has 1 N–H and O–H groups in total. The molecule has 2 rings (SSSR count). The van der Waals surface area contributed by atoms with Gasteiger partial charge in [-0.2, -0.15) is 0 Å². The lowest BCUT2D eigenvalue weighted by molar-refractivity contribution is -0.131. The summed E-state index contributed by atoms with van der Waals surface area (Å²) in [5.41, 5.74) is 0.745. The van der Waals surface area contributed by atoms with E-state index in [1.807, 2.05) is 0 Å². The molecule has 0 unspecified atom stereocenters. The summed E-state index contributed by atoms with van der Waals surface area (Å²) in [6.07, 6.45) is 2.82. The van der Waals surface area contributed by atoms with Crippen LogP contribution in [0.25, 0.3) is 6.08 Å². The van der Waals surface area contributed by atoms with Gasteiger partial charge in [-0.05, 0) is 36.6 Å².